The largest absolute Gasteiger partial charge is 0.493 e. The van der Waals surface area contributed by atoms with Gasteiger partial charge in [0.15, 0.2) is 11.5 Å². The van der Waals surface area contributed by atoms with E-state index in [0.717, 1.165) is 24.6 Å². The van der Waals surface area contributed by atoms with Crippen LogP contribution in [0, 0.1) is 6.92 Å². The Morgan fingerprint density at radius 3 is 2.45 bits per heavy atom. The fraction of sp³-hybridized carbons (Fsp3) is 0.368. The van der Waals surface area contributed by atoms with Gasteiger partial charge in [-0.15, -0.1) is 0 Å². The van der Waals surface area contributed by atoms with Crippen molar-refractivity contribution in [3.63, 3.8) is 0 Å². The minimum Gasteiger partial charge on any atom is -0.493 e. The summed E-state index contributed by atoms with van der Waals surface area (Å²) < 4.78 is 11.2. The first-order valence-corrected chi connectivity index (χ1v) is 7.69. The minimum atomic E-state index is 0.138. The molecule has 2 rings (SSSR count). The van der Waals surface area contributed by atoms with Crippen LogP contribution in [0.25, 0.3) is 0 Å². The van der Waals surface area contributed by atoms with Crippen molar-refractivity contribution in [3.05, 3.63) is 59.2 Å². The Morgan fingerprint density at radius 1 is 1.00 bits per heavy atom. The van der Waals surface area contributed by atoms with E-state index in [-0.39, 0.29) is 6.10 Å². The average molecular weight is 299 g/mol. The van der Waals surface area contributed by atoms with Crippen molar-refractivity contribution in [3.8, 4) is 11.5 Å². The van der Waals surface area contributed by atoms with Gasteiger partial charge < -0.3 is 14.8 Å². The molecular weight excluding hydrogens is 274 g/mol. The molecule has 0 aliphatic rings. The van der Waals surface area contributed by atoms with E-state index in [2.05, 4.69) is 42.6 Å². The summed E-state index contributed by atoms with van der Waals surface area (Å²) in [5.41, 5.74) is 3.82. The quantitative estimate of drug-likeness (QED) is 0.835. The van der Waals surface area contributed by atoms with E-state index in [9.17, 15) is 0 Å². The lowest BCUT2D eigenvalue weighted by Crippen LogP contribution is -2.13. The average Bonchev–Trinajstić information content (AvgIpc) is 2.50. The predicted molar refractivity (Wildman–Crippen MR) is 90.5 cm³/mol. The van der Waals surface area contributed by atoms with Crippen molar-refractivity contribution in [2.24, 2.45) is 0 Å². The number of nitrogens with one attached hydrogen (secondary N) is 1. The maximum atomic E-state index is 5.74. The molecule has 118 valence electrons. The first kappa shape index (κ1) is 16.4. The van der Waals surface area contributed by atoms with Gasteiger partial charge >= 0.3 is 0 Å². The molecule has 0 heterocycles. The standard InChI is InChI=1S/C19H25NO2/c1-14(2)22-18-10-9-16(11-19(18)21-4)12-20-13-17-8-6-5-7-15(17)3/h5-11,14,20H,12-13H2,1-4H3. The first-order valence-electron chi connectivity index (χ1n) is 7.69. The molecule has 0 saturated carbocycles. The molecule has 2 aromatic rings. The second kappa shape index (κ2) is 7.85. The molecule has 0 aromatic heterocycles. The van der Waals surface area contributed by atoms with Crippen LogP contribution in [0.1, 0.15) is 30.5 Å². The molecule has 1 N–H and O–H groups in total. The van der Waals surface area contributed by atoms with Gasteiger partial charge in [0.25, 0.3) is 0 Å². The summed E-state index contributed by atoms with van der Waals surface area (Å²) in [6, 6.07) is 14.5. The zero-order chi connectivity index (χ0) is 15.9. The number of aryl methyl sites for hydroxylation is 1. The molecule has 0 atom stereocenters. The Bertz CT molecular complexity index is 608. The Labute approximate surface area is 133 Å². The van der Waals surface area contributed by atoms with Crippen molar-refractivity contribution in [1.82, 2.24) is 5.32 Å². The van der Waals surface area contributed by atoms with Gasteiger partial charge in [-0.2, -0.15) is 0 Å². The minimum absolute atomic E-state index is 0.138. The predicted octanol–water partition coefficient (Wildman–Crippen LogP) is 4.08. The molecule has 0 saturated heterocycles. The molecule has 22 heavy (non-hydrogen) atoms. The fourth-order valence-electron chi connectivity index (χ4n) is 2.32. The molecule has 0 amide bonds. The van der Waals surface area contributed by atoms with E-state index in [1.54, 1.807) is 7.11 Å². The SMILES string of the molecule is COc1cc(CNCc2ccccc2C)ccc1OC(C)C. The zero-order valence-electron chi connectivity index (χ0n) is 13.8. The number of hydrogen-bond donors (Lipinski definition) is 1. The monoisotopic (exact) mass is 299 g/mol. The lowest BCUT2D eigenvalue weighted by atomic mass is 10.1. The van der Waals surface area contributed by atoms with E-state index >= 15 is 0 Å². The molecule has 0 unspecified atom stereocenters. The molecule has 0 spiro atoms. The first-order chi connectivity index (χ1) is 10.6. The van der Waals surface area contributed by atoms with Gasteiger partial charge in [-0.05, 0) is 49.6 Å². The highest BCUT2D eigenvalue weighted by Gasteiger charge is 2.07. The van der Waals surface area contributed by atoms with Crippen LogP contribution in [0.5, 0.6) is 11.5 Å². The molecule has 3 heteroatoms. The van der Waals surface area contributed by atoms with Gasteiger partial charge in [-0.25, -0.2) is 0 Å². The summed E-state index contributed by atoms with van der Waals surface area (Å²) in [7, 11) is 1.67. The van der Waals surface area contributed by atoms with Crippen LogP contribution in [0.2, 0.25) is 0 Å². The van der Waals surface area contributed by atoms with Crippen LogP contribution >= 0.6 is 0 Å². The Morgan fingerprint density at radius 2 is 1.77 bits per heavy atom. The fourth-order valence-corrected chi connectivity index (χ4v) is 2.32. The van der Waals surface area contributed by atoms with Crippen molar-refractivity contribution in [2.45, 2.75) is 40.0 Å². The maximum absolute atomic E-state index is 5.74. The molecule has 0 fully saturated rings. The van der Waals surface area contributed by atoms with Crippen molar-refractivity contribution in [1.29, 1.82) is 0 Å². The van der Waals surface area contributed by atoms with Crippen LogP contribution in [-0.2, 0) is 13.1 Å². The molecule has 3 nitrogen and oxygen atoms in total. The topological polar surface area (TPSA) is 30.5 Å². The Kier molecular flexibility index (Phi) is 5.84. The summed E-state index contributed by atoms with van der Waals surface area (Å²) in [5.74, 6) is 1.57. The highest BCUT2D eigenvalue weighted by molar-refractivity contribution is 5.43. The van der Waals surface area contributed by atoms with Crippen LogP contribution in [0.3, 0.4) is 0 Å². The van der Waals surface area contributed by atoms with Gasteiger partial charge in [0, 0.05) is 13.1 Å². The Hall–Kier alpha value is -2.00. The second-order valence-corrected chi connectivity index (χ2v) is 5.68. The lowest BCUT2D eigenvalue weighted by Gasteiger charge is -2.15. The van der Waals surface area contributed by atoms with E-state index in [1.165, 1.54) is 16.7 Å². The van der Waals surface area contributed by atoms with Crippen molar-refractivity contribution < 1.29 is 9.47 Å². The molecule has 0 aliphatic heterocycles. The third kappa shape index (κ3) is 4.50. The maximum Gasteiger partial charge on any atom is 0.161 e. The highest BCUT2D eigenvalue weighted by Crippen LogP contribution is 2.28. The van der Waals surface area contributed by atoms with Crippen LogP contribution < -0.4 is 14.8 Å². The molecule has 2 aromatic carbocycles. The van der Waals surface area contributed by atoms with E-state index in [4.69, 9.17) is 9.47 Å². The zero-order valence-corrected chi connectivity index (χ0v) is 13.8. The van der Waals surface area contributed by atoms with E-state index in [0.29, 0.717) is 0 Å². The summed E-state index contributed by atoms with van der Waals surface area (Å²) in [5, 5.41) is 3.47. The summed E-state index contributed by atoms with van der Waals surface area (Å²) in [6.07, 6.45) is 0.138. The molecule has 0 aliphatic carbocycles. The van der Waals surface area contributed by atoms with Crippen molar-refractivity contribution >= 4 is 0 Å². The number of rotatable bonds is 7. The molecule has 0 bridgehead atoms. The molecular formula is C19H25NO2. The Balaban J connectivity index is 1.97. The molecule has 0 radical (unpaired) electrons. The normalized spacial score (nSPS) is 10.8. The smallest absolute Gasteiger partial charge is 0.161 e. The number of ether oxygens (including phenoxy) is 2. The van der Waals surface area contributed by atoms with Gasteiger partial charge in [-0.3, -0.25) is 0 Å². The summed E-state index contributed by atoms with van der Waals surface area (Å²) >= 11 is 0. The third-order valence-electron chi connectivity index (χ3n) is 3.50. The van der Waals surface area contributed by atoms with E-state index in [1.807, 2.05) is 26.0 Å². The number of benzene rings is 2. The number of methoxy groups -OCH3 is 1. The number of hydrogen-bond acceptors (Lipinski definition) is 3. The lowest BCUT2D eigenvalue weighted by molar-refractivity contribution is 0.230. The second-order valence-electron chi connectivity index (χ2n) is 5.68. The van der Waals surface area contributed by atoms with E-state index < -0.39 is 0 Å². The van der Waals surface area contributed by atoms with Crippen LogP contribution in [0.4, 0.5) is 0 Å². The van der Waals surface area contributed by atoms with Crippen LogP contribution in [-0.4, -0.2) is 13.2 Å². The van der Waals surface area contributed by atoms with Gasteiger partial charge in [0.2, 0.25) is 0 Å². The van der Waals surface area contributed by atoms with Gasteiger partial charge in [0.1, 0.15) is 0 Å². The third-order valence-corrected chi connectivity index (χ3v) is 3.50. The highest BCUT2D eigenvalue weighted by atomic mass is 16.5. The van der Waals surface area contributed by atoms with Gasteiger partial charge in [-0.1, -0.05) is 30.3 Å². The summed E-state index contributed by atoms with van der Waals surface area (Å²) in [4.78, 5) is 0. The van der Waals surface area contributed by atoms with Crippen LogP contribution in [0.15, 0.2) is 42.5 Å². The van der Waals surface area contributed by atoms with Crippen molar-refractivity contribution in [2.75, 3.05) is 7.11 Å². The van der Waals surface area contributed by atoms with Gasteiger partial charge in [0.05, 0.1) is 13.2 Å². The summed E-state index contributed by atoms with van der Waals surface area (Å²) in [6.45, 7) is 7.82.